The number of imidazole rings is 1. The van der Waals surface area contributed by atoms with Gasteiger partial charge in [-0.1, -0.05) is 26.0 Å². The summed E-state index contributed by atoms with van der Waals surface area (Å²) in [5, 5.41) is 10.9. The van der Waals surface area contributed by atoms with Crippen LogP contribution in [0.2, 0.25) is 0 Å². The smallest absolute Gasteiger partial charge is 0.161 e. The number of nitrogens with one attached hydrogen (secondary N) is 3. The topological polar surface area (TPSA) is 121 Å². The van der Waals surface area contributed by atoms with E-state index in [0.717, 1.165) is 63.3 Å². The van der Waals surface area contributed by atoms with E-state index in [1.807, 2.05) is 36.4 Å². The maximum absolute atomic E-state index is 4.92. The molecular weight excluding hydrogens is 450 g/mol. The SMILES string of the molecule is C=C(CCC)Nc1cncc(-c2ccc3[nH]nc(-c4nc5c(-c6ccccn6)cncc5[nH]4)c3n2)c1. The first-order chi connectivity index (χ1) is 17.7. The highest BCUT2D eigenvalue weighted by Gasteiger charge is 2.17. The Labute approximate surface area is 206 Å². The van der Waals surface area contributed by atoms with E-state index in [-0.39, 0.29) is 0 Å². The second kappa shape index (κ2) is 9.03. The van der Waals surface area contributed by atoms with Crippen LogP contribution in [0.4, 0.5) is 5.69 Å². The summed E-state index contributed by atoms with van der Waals surface area (Å²) in [6, 6.07) is 11.7. The quantitative estimate of drug-likeness (QED) is 0.270. The van der Waals surface area contributed by atoms with Crippen LogP contribution in [-0.4, -0.2) is 40.1 Å². The van der Waals surface area contributed by atoms with Crippen molar-refractivity contribution in [3.63, 3.8) is 0 Å². The Bertz CT molecular complexity index is 1700. The van der Waals surface area contributed by atoms with E-state index in [2.05, 4.69) is 49.0 Å². The van der Waals surface area contributed by atoms with Crippen LogP contribution in [0.15, 0.2) is 79.7 Å². The molecule has 0 unspecified atom stereocenters. The van der Waals surface area contributed by atoms with E-state index < -0.39 is 0 Å². The molecule has 0 saturated carbocycles. The number of H-pyrrole nitrogens is 2. The second-order valence-corrected chi connectivity index (χ2v) is 8.49. The lowest BCUT2D eigenvalue weighted by Gasteiger charge is -2.09. The third kappa shape index (κ3) is 3.96. The van der Waals surface area contributed by atoms with Crippen LogP contribution in [0, 0.1) is 0 Å². The zero-order valence-corrected chi connectivity index (χ0v) is 19.7. The molecule has 0 aliphatic heterocycles. The fourth-order valence-corrected chi connectivity index (χ4v) is 4.20. The number of pyridine rings is 4. The summed E-state index contributed by atoms with van der Waals surface area (Å²) in [5.74, 6) is 0.607. The first-order valence-corrected chi connectivity index (χ1v) is 11.7. The number of hydrogen-bond donors (Lipinski definition) is 3. The van der Waals surface area contributed by atoms with Crippen LogP contribution < -0.4 is 5.32 Å². The van der Waals surface area contributed by atoms with Crippen LogP contribution in [0.25, 0.3) is 56.1 Å². The molecule has 36 heavy (non-hydrogen) atoms. The molecule has 3 N–H and O–H groups in total. The molecular formula is C27H23N9. The highest BCUT2D eigenvalue weighted by atomic mass is 15.2. The Morgan fingerprint density at radius 1 is 0.944 bits per heavy atom. The molecule has 0 saturated heterocycles. The van der Waals surface area contributed by atoms with Crippen LogP contribution in [-0.2, 0) is 0 Å². The van der Waals surface area contributed by atoms with Gasteiger partial charge in [0.05, 0.1) is 40.5 Å². The third-order valence-electron chi connectivity index (χ3n) is 5.87. The van der Waals surface area contributed by atoms with E-state index >= 15 is 0 Å². The molecule has 6 rings (SSSR count). The van der Waals surface area contributed by atoms with Crippen molar-refractivity contribution < 1.29 is 0 Å². The van der Waals surface area contributed by atoms with Gasteiger partial charge in [0.2, 0.25) is 0 Å². The Balaban J connectivity index is 1.40. The van der Waals surface area contributed by atoms with Gasteiger partial charge in [-0.25, -0.2) is 9.97 Å². The third-order valence-corrected chi connectivity index (χ3v) is 5.87. The van der Waals surface area contributed by atoms with Gasteiger partial charge in [0.15, 0.2) is 11.5 Å². The molecule has 6 aromatic rings. The van der Waals surface area contributed by atoms with Crippen molar-refractivity contribution in [2.45, 2.75) is 19.8 Å². The highest BCUT2D eigenvalue weighted by molar-refractivity contribution is 5.95. The molecule has 6 heterocycles. The van der Waals surface area contributed by atoms with Gasteiger partial charge < -0.3 is 10.3 Å². The fraction of sp³-hybridized carbons (Fsp3) is 0.111. The van der Waals surface area contributed by atoms with Gasteiger partial charge in [0.1, 0.15) is 11.0 Å². The van der Waals surface area contributed by atoms with Crippen LogP contribution in [0.5, 0.6) is 0 Å². The molecule has 0 atom stereocenters. The fourth-order valence-electron chi connectivity index (χ4n) is 4.20. The standard InChI is InChI=1S/C27H23N9/c1-3-6-16(2)31-18-11-17(12-28-13-18)20-8-9-22-25(32-20)26(36-35-22)27-33-23-15-29-14-19(24(23)34-27)21-7-4-5-10-30-21/h4-5,7-15,31H,2-3,6H2,1H3,(H,33,34)(H,35,36). The number of hydrogen-bond acceptors (Lipinski definition) is 7. The van der Waals surface area contributed by atoms with Gasteiger partial charge in [-0.05, 0) is 36.8 Å². The van der Waals surface area contributed by atoms with Crippen molar-refractivity contribution in [1.82, 2.24) is 40.1 Å². The van der Waals surface area contributed by atoms with Crippen molar-refractivity contribution in [2.24, 2.45) is 0 Å². The van der Waals surface area contributed by atoms with Crippen LogP contribution in [0.1, 0.15) is 19.8 Å². The van der Waals surface area contributed by atoms with Crippen molar-refractivity contribution in [3.8, 4) is 34.0 Å². The Morgan fingerprint density at radius 2 is 1.86 bits per heavy atom. The minimum Gasteiger partial charge on any atom is -0.358 e. The molecule has 0 aromatic carbocycles. The maximum Gasteiger partial charge on any atom is 0.161 e. The van der Waals surface area contributed by atoms with Crippen molar-refractivity contribution in [3.05, 3.63) is 79.7 Å². The summed E-state index contributed by atoms with van der Waals surface area (Å²) in [4.78, 5) is 26.3. The normalized spacial score (nSPS) is 11.2. The lowest BCUT2D eigenvalue weighted by molar-refractivity contribution is 0.913. The molecule has 0 fully saturated rings. The van der Waals surface area contributed by atoms with Gasteiger partial charge in [0.25, 0.3) is 0 Å². The average Bonchev–Trinajstić information content (AvgIpc) is 3.53. The number of aromatic amines is 2. The number of allylic oxidation sites excluding steroid dienone is 1. The molecule has 0 spiro atoms. The first kappa shape index (κ1) is 21.6. The minimum atomic E-state index is 0.607. The molecule has 9 nitrogen and oxygen atoms in total. The second-order valence-electron chi connectivity index (χ2n) is 8.49. The summed E-state index contributed by atoms with van der Waals surface area (Å²) in [5.41, 5.74) is 8.93. The average molecular weight is 474 g/mol. The molecule has 0 aliphatic rings. The molecule has 0 amide bonds. The lowest BCUT2D eigenvalue weighted by Crippen LogP contribution is -1.98. The van der Waals surface area contributed by atoms with Gasteiger partial charge >= 0.3 is 0 Å². The summed E-state index contributed by atoms with van der Waals surface area (Å²) in [7, 11) is 0. The monoisotopic (exact) mass is 473 g/mol. The minimum absolute atomic E-state index is 0.607. The number of anilines is 1. The lowest BCUT2D eigenvalue weighted by atomic mass is 10.1. The van der Waals surface area contributed by atoms with E-state index in [9.17, 15) is 0 Å². The Hall–Kier alpha value is -4.92. The van der Waals surface area contributed by atoms with E-state index in [1.165, 1.54) is 0 Å². The molecule has 6 aromatic heterocycles. The maximum atomic E-state index is 4.92. The number of aromatic nitrogens is 8. The Morgan fingerprint density at radius 3 is 2.72 bits per heavy atom. The summed E-state index contributed by atoms with van der Waals surface area (Å²) < 4.78 is 0. The predicted octanol–water partition coefficient (Wildman–Crippen LogP) is 5.75. The van der Waals surface area contributed by atoms with E-state index in [1.54, 1.807) is 31.0 Å². The summed E-state index contributed by atoms with van der Waals surface area (Å²) in [6.07, 6.45) is 10.8. The zero-order chi connectivity index (χ0) is 24.5. The number of nitrogens with zero attached hydrogens (tertiary/aromatic N) is 6. The van der Waals surface area contributed by atoms with Crippen molar-refractivity contribution in [1.29, 1.82) is 0 Å². The van der Waals surface area contributed by atoms with Gasteiger partial charge in [-0.3, -0.25) is 20.1 Å². The van der Waals surface area contributed by atoms with Gasteiger partial charge in [0, 0.05) is 35.4 Å². The molecule has 0 radical (unpaired) electrons. The van der Waals surface area contributed by atoms with E-state index in [4.69, 9.17) is 9.97 Å². The highest BCUT2D eigenvalue weighted by Crippen LogP contribution is 2.31. The van der Waals surface area contributed by atoms with Crippen LogP contribution >= 0.6 is 0 Å². The van der Waals surface area contributed by atoms with Crippen molar-refractivity contribution in [2.75, 3.05) is 5.32 Å². The first-order valence-electron chi connectivity index (χ1n) is 11.7. The molecule has 0 bridgehead atoms. The summed E-state index contributed by atoms with van der Waals surface area (Å²) >= 11 is 0. The van der Waals surface area contributed by atoms with Gasteiger partial charge in [-0.2, -0.15) is 5.10 Å². The molecule has 9 heteroatoms. The number of fused-ring (bicyclic) bond motifs is 2. The largest absolute Gasteiger partial charge is 0.358 e. The molecule has 176 valence electrons. The van der Waals surface area contributed by atoms with Crippen molar-refractivity contribution >= 4 is 27.8 Å². The zero-order valence-electron chi connectivity index (χ0n) is 19.7. The Kier molecular flexibility index (Phi) is 5.42. The molecule has 0 aliphatic carbocycles. The predicted molar refractivity (Wildman–Crippen MR) is 141 cm³/mol. The van der Waals surface area contributed by atoms with Gasteiger partial charge in [-0.15, -0.1) is 0 Å². The summed E-state index contributed by atoms with van der Waals surface area (Å²) in [6.45, 7) is 6.21. The van der Waals surface area contributed by atoms with Crippen LogP contribution in [0.3, 0.4) is 0 Å². The number of rotatable bonds is 7. The van der Waals surface area contributed by atoms with E-state index in [0.29, 0.717) is 17.0 Å².